The summed E-state index contributed by atoms with van der Waals surface area (Å²) in [6.45, 7) is 6.55. The van der Waals surface area contributed by atoms with Crippen molar-refractivity contribution in [2.75, 3.05) is 13.2 Å². The third-order valence-corrected chi connectivity index (χ3v) is 16.0. The van der Waals surface area contributed by atoms with Crippen LogP contribution in [0, 0.1) is 0 Å². The molecule has 0 rings (SSSR count). The Labute approximate surface area is 510 Å². The van der Waals surface area contributed by atoms with E-state index in [-0.39, 0.29) is 31.1 Å². The Balaban J connectivity index is 4.10. The predicted molar refractivity (Wildman–Crippen MR) is 358 cm³/mol. The van der Waals surface area contributed by atoms with Crippen LogP contribution >= 0.6 is 0 Å². The van der Waals surface area contributed by atoms with E-state index < -0.39 is 6.10 Å². The Kier molecular flexibility index (Phi) is 67.6. The lowest BCUT2D eigenvalue weighted by Crippen LogP contribution is -2.30. The summed E-state index contributed by atoms with van der Waals surface area (Å²) < 4.78 is 16.9. The highest BCUT2D eigenvalue weighted by atomic mass is 16.6. The van der Waals surface area contributed by atoms with Gasteiger partial charge in [0.05, 0.1) is 0 Å². The Morgan fingerprint density at radius 1 is 0.256 bits per heavy atom. The minimum atomic E-state index is -0.774. The molecule has 0 heterocycles. The van der Waals surface area contributed by atoms with Crippen LogP contribution in [0.3, 0.4) is 0 Å². The van der Waals surface area contributed by atoms with Crippen molar-refractivity contribution in [2.45, 2.75) is 380 Å². The topological polar surface area (TPSA) is 78.9 Å². The lowest BCUT2D eigenvalue weighted by Gasteiger charge is -2.18. The average molecular weight is 1150 g/mol. The molecule has 0 aromatic rings. The van der Waals surface area contributed by atoms with Crippen LogP contribution in [0.1, 0.15) is 374 Å². The second-order valence-electron chi connectivity index (χ2n) is 24.1. The van der Waals surface area contributed by atoms with Gasteiger partial charge in [-0.2, -0.15) is 0 Å². The van der Waals surface area contributed by atoms with Gasteiger partial charge in [0.15, 0.2) is 6.10 Å². The molecule has 0 N–H and O–H groups in total. The smallest absolute Gasteiger partial charge is 0.306 e. The van der Waals surface area contributed by atoms with Gasteiger partial charge in [-0.15, -0.1) is 0 Å². The second-order valence-corrected chi connectivity index (χ2v) is 24.1. The summed E-state index contributed by atoms with van der Waals surface area (Å²) in [5, 5.41) is 0. The highest BCUT2D eigenvalue weighted by Gasteiger charge is 2.19. The van der Waals surface area contributed by atoms with Crippen LogP contribution in [0.2, 0.25) is 0 Å². The zero-order valence-corrected chi connectivity index (χ0v) is 54.8. The van der Waals surface area contributed by atoms with Gasteiger partial charge in [0, 0.05) is 19.3 Å². The Bertz CT molecular complexity index is 1500. The Hall–Kier alpha value is -3.15. The monoisotopic (exact) mass is 1150 g/mol. The lowest BCUT2D eigenvalue weighted by atomic mass is 10.0. The van der Waals surface area contributed by atoms with E-state index in [1.54, 1.807) is 0 Å². The van der Waals surface area contributed by atoms with E-state index in [9.17, 15) is 14.4 Å². The summed E-state index contributed by atoms with van der Waals surface area (Å²) in [4.78, 5) is 38.3. The van der Waals surface area contributed by atoms with Crippen LogP contribution in [0.5, 0.6) is 0 Å². The van der Waals surface area contributed by atoms with Crippen LogP contribution in [-0.2, 0) is 28.6 Å². The van der Waals surface area contributed by atoms with E-state index in [0.717, 1.165) is 96.3 Å². The molecule has 0 aliphatic carbocycles. The zero-order valence-electron chi connectivity index (χ0n) is 54.8. The van der Waals surface area contributed by atoms with E-state index in [1.165, 1.54) is 238 Å². The van der Waals surface area contributed by atoms with Gasteiger partial charge in [-0.25, -0.2) is 0 Å². The van der Waals surface area contributed by atoms with E-state index in [4.69, 9.17) is 14.2 Å². The van der Waals surface area contributed by atoms with Crippen molar-refractivity contribution in [3.05, 3.63) is 72.9 Å². The zero-order chi connectivity index (χ0) is 59.2. The fourth-order valence-corrected chi connectivity index (χ4v) is 10.6. The molecule has 0 saturated heterocycles. The minimum absolute atomic E-state index is 0.0715. The van der Waals surface area contributed by atoms with Gasteiger partial charge in [0.2, 0.25) is 0 Å². The molecule has 0 fully saturated rings. The number of unbranched alkanes of at least 4 members (excludes halogenated alkanes) is 43. The molecule has 1 atom stereocenters. The molecule has 1 unspecified atom stereocenters. The number of allylic oxidation sites excluding steroid dienone is 12. The standard InChI is InChI=1S/C76H136O6/c1-4-7-10-13-16-19-21-23-25-27-29-31-33-35-37-38-40-41-43-45-47-49-51-53-55-57-60-63-66-69-75(78)81-72-73(71-80-74(77)68-65-62-59-18-15-12-9-6-3)82-76(79)70-67-64-61-58-56-54-52-50-48-46-44-42-39-36-34-32-30-28-26-24-22-20-17-14-11-8-5-2/h7,10,16,19,23,25,29,31,35,37,40-41,73H,4-6,8-9,11-15,17-18,20-22,24,26-28,30,32-34,36,38-39,42-72H2,1-3H3/b10-7-,19-16-,25-23-,31-29-,37-35-,41-40-. The van der Waals surface area contributed by atoms with Gasteiger partial charge in [-0.3, -0.25) is 14.4 Å². The Morgan fingerprint density at radius 2 is 0.476 bits per heavy atom. The molecular formula is C76H136O6. The van der Waals surface area contributed by atoms with Gasteiger partial charge >= 0.3 is 17.9 Å². The summed E-state index contributed by atoms with van der Waals surface area (Å²) in [5.74, 6) is -0.859. The maximum atomic E-state index is 12.9. The van der Waals surface area contributed by atoms with Crippen molar-refractivity contribution in [3.8, 4) is 0 Å². The van der Waals surface area contributed by atoms with Crippen LogP contribution in [0.15, 0.2) is 72.9 Å². The number of hydrogen-bond donors (Lipinski definition) is 0. The molecule has 0 aliphatic heterocycles. The lowest BCUT2D eigenvalue weighted by molar-refractivity contribution is -0.167. The summed E-state index contributed by atoms with van der Waals surface area (Å²) in [5.41, 5.74) is 0. The van der Waals surface area contributed by atoms with Crippen LogP contribution in [0.25, 0.3) is 0 Å². The summed E-state index contributed by atoms with van der Waals surface area (Å²) in [6.07, 6.45) is 92.5. The normalized spacial score (nSPS) is 12.5. The highest BCUT2D eigenvalue weighted by molar-refractivity contribution is 5.71. The van der Waals surface area contributed by atoms with E-state index in [0.29, 0.717) is 19.3 Å². The molecule has 6 nitrogen and oxygen atoms in total. The first kappa shape index (κ1) is 78.8. The van der Waals surface area contributed by atoms with Crippen LogP contribution < -0.4 is 0 Å². The van der Waals surface area contributed by atoms with Gasteiger partial charge in [0.1, 0.15) is 13.2 Å². The highest BCUT2D eigenvalue weighted by Crippen LogP contribution is 2.18. The molecule has 0 radical (unpaired) electrons. The fraction of sp³-hybridized carbons (Fsp3) is 0.803. The van der Waals surface area contributed by atoms with Gasteiger partial charge in [0.25, 0.3) is 0 Å². The summed E-state index contributed by atoms with van der Waals surface area (Å²) >= 11 is 0. The number of carbonyl (C=O) groups is 3. The quantitative estimate of drug-likeness (QED) is 0.0261. The second kappa shape index (κ2) is 70.3. The first-order chi connectivity index (χ1) is 40.5. The number of hydrogen-bond acceptors (Lipinski definition) is 6. The molecule has 0 aromatic carbocycles. The summed E-state index contributed by atoms with van der Waals surface area (Å²) in [6, 6.07) is 0. The van der Waals surface area contributed by atoms with Crippen molar-refractivity contribution in [2.24, 2.45) is 0 Å². The van der Waals surface area contributed by atoms with E-state index in [2.05, 4.69) is 93.7 Å². The number of rotatable bonds is 66. The van der Waals surface area contributed by atoms with E-state index >= 15 is 0 Å². The van der Waals surface area contributed by atoms with Gasteiger partial charge in [-0.05, 0) is 70.6 Å². The van der Waals surface area contributed by atoms with Crippen molar-refractivity contribution in [3.63, 3.8) is 0 Å². The summed E-state index contributed by atoms with van der Waals surface area (Å²) in [7, 11) is 0. The molecule has 0 saturated carbocycles. The molecular weight excluding hydrogens is 1010 g/mol. The maximum absolute atomic E-state index is 12.9. The molecule has 0 amide bonds. The van der Waals surface area contributed by atoms with Crippen LogP contribution in [-0.4, -0.2) is 37.2 Å². The molecule has 6 heteroatoms. The fourth-order valence-electron chi connectivity index (χ4n) is 10.6. The van der Waals surface area contributed by atoms with Gasteiger partial charge < -0.3 is 14.2 Å². The van der Waals surface area contributed by atoms with Crippen molar-refractivity contribution < 1.29 is 28.6 Å². The number of carbonyl (C=O) groups excluding carboxylic acids is 3. The third-order valence-electron chi connectivity index (χ3n) is 16.0. The maximum Gasteiger partial charge on any atom is 0.306 e. The molecule has 82 heavy (non-hydrogen) atoms. The average Bonchev–Trinajstić information content (AvgIpc) is 3.47. The number of ether oxygens (including phenoxy) is 3. The number of esters is 3. The van der Waals surface area contributed by atoms with Crippen molar-refractivity contribution >= 4 is 17.9 Å². The Morgan fingerprint density at radius 3 is 0.744 bits per heavy atom. The third kappa shape index (κ3) is 67.6. The molecule has 0 spiro atoms. The predicted octanol–water partition coefficient (Wildman–Crippen LogP) is 24.8. The molecule has 0 bridgehead atoms. The van der Waals surface area contributed by atoms with E-state index in [1.807, 2.05) is 0 Å². The van der Waals surface area contributed by atoms with Crippen molar-refractivity contribution in [1.82, 2.24) is 0 Å². The van der Waals surface area contributed by atoms with Crippen molar-refractivity contribution in [1.29, 1.82) is 0 Å². The molecule has 0 aromatic heterocycles. The SMILES string of the molecule is CC/C=C\C/C=C\C/C=C\C/C=C\C/C=C\C/C=C\CCCCCCCCCCCCC(=O)OCC(COC(=O)CCCCCCCCCC)OC(=O)CCCCCCCCCCCCCCCCCCCCCCCCCCCCC. The first-order valence-electron chi connectivity index (χ1n) is 35.9. The largest absolute Gasteiger partial charge is 0.462 e. The first-order valence-corrected chi connectivity index (χ1v) is 35.9. The minimum Gasteiger partial charge on any atom is -0.462 e. The molecule has 0 aliphatic rings. The van der Waals surface area contributed by atoms with Crippen LogP contribution in [0.4, 0.5) is 0 Å². The van der Waals surface area contributed by atoms with Gasteiger partial charge in [-0.1, -0.05) is 357 Å². The molecule has 476 valence electrons.